The van der Waals surface area contributed by atoms with Gasteiger partial charge in [0.25, 0.3) is 6.01 Å². The minimum absolute atomic E-state index is 0.146. The van der Waals surface area contributed by atoms with E-state index >= 15 is 0 Å². The second kappa shape index (κ2) is 9.67. The van der Waals surface area contributed by atoms with Crippen LogP contribution in [0.2, 0.25) is 5.02 Å². The lowest BCUT2D eigenvalue weighted by Gasteiger charge is -2.12. The fourth-order valence-corrected chi connectivity index (χ4v) is 3.43. The minimum atomic E-state index is -0.146. The van der Waals surface area contributed by atoms with Crippen LogP contribution in [0.25, 0.3) is 17.2 Å². The van der Waals surface area contributed by atoms with Crippen molar-refractivity contribution >= 4 is 46.3 Å². The number of halogens is 1. The van der Waals surface area contributed by atoms with Gasteiger partial charge in [-0.1, -0.05) is 17.7 Å². The summed E-state index contributed by atoms with van der Waals surface area (Å²) in [6.07, 6.45) is 3.19. The Labute approximate surface area is 195 Å². The van der Waals surface area contributed by atoms with Crippen LogP contribution in [0.3, 0.4) is 0 Å². The van der Waals surface area contributed by atoms with E-state index in [0.717, 1.165) is 11.3 Å². The second-order valence-corrected chi connectivity index (χ2v) is 7.43. The van der Waals surface area contributed by atoms with Gasteiger partial charge in [-0.15, -0.1) is 0 Å². The summed E-state index contributed by atoms with van der Waals surface area (Å²) in [6.45, 7) is 0. The van der Waals surface area contributed by atoms with Crippen molar-refractivity contribution in [2.45, 2.75) is 0 Å². The zero-order valence-corrected chi connectivity index (χ0v) is 19.0. The molecule has 0 fully saturated rings. The Hall–Kier alpha value is -3.97. The van der Waals surface area contributed by atoms with E-state index in [4.69, 9.17) is 30.2 Å². The third-order valence-electron chi connectivity index (χ3n) is 4.88. The van der Waals surface area contributed by atoms with Crippen LogP contribution in [0.15, 0.2) is 65.1 Å². The molecule has 0 bridgehead atoms. The second-order valence-electron chi connectivity index (χ2n) is 6.99. The zero-order chi connectivity index (χ0) is 23.4. The van der Waals surface area contributed by atoms with Crippen LogP contribution in [0.1, 0.15) is 15.9 Å². The first-order chi connectivity index (χ1) is 16.0. The average molecular weight is 465 g/mol. The highest BCUT2D eigenvalue weighted by Crippen LogP contribution is 2.38. The van der Waals surface area contributed by atoms with Crippen LogP contribution in [0.4, 0.5) is 11.7 Å². The van der Waals surface area contributed by atoms with Gasteiger partial charge >= 0.3 is 0 Å². The monoisotopic (exact) mass is 464 g/mol. The van der Waals surface area contributed by atoms with Gasteiger partial charge in [-0.05, 0) is 66.2 Å². The average Bonchev–Trinajstić information content (AvgIpc) is 3.23. The van der Waals surface area contributed by atoms with Gasteiger partial charge in [0.15, 0.2) is 22.9 Å². The number of rotatable bonds is 8. The number of oxazole rings is 1. The summed E-state index contributed by atoms with van der Waals surface area (Å²) in [5, 5.41) is 3.67. The Kier molecular flexibility index (Phi) is 6.51. The highest BCUT2D eigenvalue weighted by atomic mass is 35.5. The molecule has 33 heavy (non-hydrogen) atoms. The largest absolute Gasteiger partial charge is 0.493 e. The molecule has 4 aromatic rings. The van der Waals surface area contributed by atoms with Crippen molar-refractivity contribution in [2.24, 2.45) is 0 Å². The summed E-state index contributed by atoms with van der Waals surface area (Å²) in [4.78, 5) is 17.0. The number of nitrogens with one attached hydrogen (secondary N) is 1. The van der Waals surface area contributed by atoms with Crippen molar-refractivity contribution in [1.82, 2.24) is 4.98 Å². The lowest BCUT2D eigenvalue weighted by Crippen LogP contribution is -1.97. The van der Waals surface area contributed by atoms with Crippen molar-refractivity contribution in [3.8, 4) is 17.2 Å². The number of hydrogen-bond donors (Lipinski definition) is 1. The molecule has 0 aliphatic carbocycles. The topological polar surface area (TPSA) is 82.8 Å². The van der Waals surface area contributed by atoms with Gasteiger partial charge in [0.2, 0.25) is 5.75 Å². The summed E-state index contributed by atoms with van der Waals surface area (Å²) in [7, 11) is 4.63. The van der Waals surface area contributed by atoms with Crippen molar-refractivity contribution < 1.29 is 23.4 Å². The molecule has 168 valence electrons. The molecule has 0 amide bonds. The molecular weight excluding hydrogens is 444 g/mol. The van der Waals surface area contributed by atoms with E-state index in [1.54, 1.807) is 74.9 Å². The molecule has 1 heterocycles. The van der Waals surface area contributed by atoms with Crippen molar-refractivity contribution in [3.63, 3.8) is 0 Å². The Bertz CT molecular complexity index is 1300. The van der Waals surface area contributed by atoms with Crippen LogP contribution >= 0.6 is 11.6 Å². The zero-order valence-electron chi connectivity index (χ0n) is 18.2. The predicted octanol–water partition coefficient (Wildman–Crippen LogP) is 6.15. The van der Waals surface area contributed by atoms with E-state index in [9.17, 15) is 4.79 Å². The number of fused-ring (bicyclic) bond motifs is 1. The Balaban J connectivity index is 1.47. The maximum Gasteiger partial charge on any atom is 0.300 e. The molecule has 0 saturated carbocycles. The molecule has 0 radical (unpaired) electrons. The van der Waals surface area contributed by atoms with Crippen LogP contribution in [-0.2, 0) is 0 Å². The van der Waals surface area contributed by atoms with E-state index in [0.29, 0.717) is 44.9 Å². The maximum atomic E-state index is 12.6. The number of carbonyl (C=O) groups excluding carboxylic acids is 1. The Morgan fingerprint density at radius 1 is 0.970 bits per heavy atom. The molecule has 1 N–H and O–H groups in total. The van der Waals surface area contributed by atoms with Gasteiger partial charge in [-0.3, -0.25) is 4.79 Å². The molecule has 0 unspecified atom stereocenters. The first kappa shape index (κ1) is 22.2. The van der Waals surface area contributed by atoms with Crippen LogP contribution in [-0.4, -0.2) is 32.1 Å². The molecular formula is C25H21ClN2O5. The number of ketones is 1. The van der Waals surface area contributed by atoms with E-state index in [2.05, 4.69) is 10.3 Å². The van der Waals surface area contributed by atoms with Crippen LogP contribution in [0, 0.1) is 0 Å². The highest BCUT2D eigenvalue weighted by Gasteiger charge is 2.12. The lowest BCUT2D eigenvalue weighted by molar-refractivity contribution is 0.104. The number of nitrogens with zero attached hydrogens (tertiary/aromatic N) is 1. The summed E-state index contributed by atoms with van der Waals surface area (Å²) >= 11 is 5.99. The molecule has 0 aliphatic heterocycles. The number of ether oxygens (including phenoxy) is 3. The van der Waals surface area contributed by atoms with E-state index in [1.165, 1.54) is 13.2 Å². The summed E-state index contributed by atoms with van der Waals surface area (Å²) in [6, 6.07) is 16.1. The first-order valence-corrected chi connectivity index (χ1v) is 10.3. The smallest absolute Gasteiger partial charge is 0.300 e. The molecule has 8 heteroatoms. The minimum Gasteiger partial charge on any atom is -0.493 e. The predicted molar refractivity (Wildman–Crippen MR) is 128 cm³/mol. The molecule has 0 spiro atoms. The fourth-order valence-electron chi connectivity index (χ4n) is 3.26. The van der Waals surface area contributed by atoms with Gasteiger partial charge < -0.3 is 23.9 Å². The van der Waals surface area contributed by atoms with Crippen LogP contribution < -0.4 is 19.5 Å². The number of methoxy groups -OCH3 is 3. The molecule has 0 atom stereocenters. The van der Waals surface area contributed by atoms with Crippen LogP contribution in [0.5, 0.6) is 17.2 Å². The fraction of sp³-hybridized carbons (Fsp3) is 0.120. The number of allylic oxidation sites excluding steroid dienone is 1. The van der Waals surface area contributed by atoms with Crippen molar-refractivity contribution in [1.29, 1.82) is 0 Å². The van der Waals surface area contributed by atoms with E-state index < -0.39 is 0 Å². The van der Waals surface area contributed by atoms with E-state index in [-0.39, 0.29) is 5.78 Å². The Morgan fingerprint density at radius 3 is 2.30 bits per heavy atom. The van der Waals surface area contributed by atoms with Gasteiger partial charge in [-0.25, -0.2) is 0 Å². The molecule has 4 rings (SSSR count). The molecule has 0 saturated heterocycles. The van der Waals surface area contributed by atoms with Crippen molar-refractivity contribution in [2.75, 3.05) is 26.6 Å². The van der Waals surface area contributed by atoms with Gasteiger partial charge in [0, 0.05) is 16.3 Å². The molecule has 0 aliphatic rings. The molecule has 1 aromatic heterocycles. The summed E-state index contributed by atoms with van der Waals surface area (Å²) in [5.41, 5.74) is 3.30. The maximum absolute atomic E-state index is 12.6. The standard InChI is InChI=1S/C25H21ClN2O5/c1-30-22-12-15(13-23(31-2)24(22)32-3)4-10-20(29)16-5-8-18(9-6-16)27-25-28-19-14-17(26)7-11-21(19)33-25/h4-14H,1-3H3,(H,27,28)/b10-4+. The lowest BCUT2D eigenvalue weighted by atomic mass is 10.1. The van der Waals surface area contributed by atoms with Crippen molar-refractivity contribution in [3.05, 3.63) is 76.8 Å². The normalized spacial score (nSPS) is 11.0. The van der Waals surface area contributed by atoms with E-state index in [1.807, 2.05) is 0 Å². The van der Waals surface area contributed by atoms with Gasteiger partial charge in [-0.2, -0.15) is 4.98 Å². The first-order valence-electron chi connectivity index (χ1n) is 9.96. The third kappa shape index (κ3) is 4.94. The third-order valence-corrected chi connectivity index (χ3v) is 5.12. The quantitative estimate of drug-likeness (QED) is 0.247. The number of aromatic nitrogens is 1. The SMILES string of the molecule is COc1cc(/C=C/C(=O)c2ccc(Nc3nc4cc(Cl)ccc4o3)cc2)cc(OC)c1OC. The highest BCUT2D eigenvalue weighted by molar-refractivity contribution is 6.31. The van der Waals surface area contributed by atoms with Gasteiger partial charge in [0.05, 0.1) is 21.3 Å². The number of benzene rings is 3. The summed E-state index contributed by atoms with van der Waals surface area (Å²) < 4.78 is 21.7. The summed E-state index contributed by atoms with van der Waals surface area (Å²) in [5.74, 6) is 1.38. The number of carbonyl (C=O) groups is 1. The molecule has 3 aromatic carbocycles. The molecule has 7 nitrogen and oxygen atoms in total. The number of anilines is 2. The van der Waals surface area contributed by atoms with Gasteiger partial charge in [0.1, 0.15) is 5.52 Å². The Morgan fingerprint density at radius 2 is 1.67 bits per heavy atom. The number of hydrogen-bond acceptors (Lipinski definition) is 7.